The van der Waals surface area contributed by atoms with Gasteiger partial charge in [-0.25, -0.2) is 0 Å². The van der Waals surface area contributed by atoms with E-state index >= 15 is 0 Å². The average molecular weight is 1760 g/mol. The average Bonchev–Trinajstić information content (AvgIpc) is 1.57. The maximum Gasteiger partial charge on any atom is 0.149 e. The van der Waals surface area contributed by atoms with E-state index in [-0.39, 0.29) is 0 Å². The Morgan fingerprint density at radius 3 is 0.555 bits per heavy atom. The van der Waals surface area contributed by atoms with Crippen LogP contribution >= 0.6 is 0 Å². The van der Waals surface area contributed by atoms with Gasteiger partial charge in [0.05, 0.1) is 44.4 Å². The van der Waals surface area contributed by atoms with E-state index in [1.54, 1.807) is 0 Å². The third-order valence-corrected chi connectivity index (χ3v) is 29.1. The van der Waals surface area contributed by atoms with Crippen LogP contribution in [0.15, 0.2) is 413 Å². The molecule has 4 aromatic heterocycles. The van der Waals surface area contributed by atoms with Gasteiger partial charge in [0.15, 0.2) is 0 Å². The highest BCUT2D eigenvalue weighted by Crippen LogP contribution is 2.63. The second-order valence-corrected chi connectivity index (χ2v) is 35.6. The van der Waals surface area contributed by atoms with E-state index in [1.807, 2.05) is 52.0 Å². The fraction of sp³-hybridized carbons (Fsp3) is 0.101. The summed E-state index contributed by atoms with van der Waals surface area (Å²) in [4.78, 5) is 24.7. The third kappa shape index (κ3) is 12.8. The molecule has 8 nitrogen and oxygen atoms in total. The van der Waals surface area contributed by atoms with Crippen LogP contribution in [0.5, 0.6) is 23.0 Å². The molecule has 4 heterocycles. The lowest BCUT2D eigenvalue weighted by Crippen LogP contribution is -2.37. The van der Waals surface area contributed by atoms with Crippen molar-refractivity contribution in [2.24, 2.45) is 0 Å². The van der Waals surface area contributed by atoms with Crippen LogP contribution in [0.2, 0.25) is 0 Å². The minimum Gasteiger partial charge on any atom is -0.481 e. The minimum atomic E-state index is -1.55. The second kappa shape index (κ2) is 33.7. The van der Waals surface area contributed by atoms with Gasteiger partial charge in [0.1, 0.15) is 54.8 Å². The fourth-order valence-electron chi connectivity index (χ4n) is 23.2. The summed E-state index contributed by atoms with van der Waals surface area (Å²) in [6.45, 7) is 8.53. The largest absolute Gasteiger partial charge is 0.481 e. The van der Waals surface area contributed by atoms with Gasteiger partial charge in [0.2, 0.25) is 0 Å². The topological polar surface area (TPSA) is 88.5 Å². The lowest BCUT2D eigenvalue weighted by atomic mass is 9.66. The molecule has 0 spiro atoms. The summed E-state index contributed by atoms with van der Waals surface area (Å²) < 4.78 is 24.8. The Morgan fingerprint density at radius 1 is 0.197 bits per heavy atom. The van der Waals surface area contributed by atoms with Crippen LogP contribution in [0.1, 0.15) is 139 Å². The third-order valence-electron chi connectivity index (χ3n) is 29.1. The van der Waals surface area contributed by atoms with Gasteiger partial charge in [-0.15, -0.1) is 23.7 Å². The minimum absolute atomic E-state index is 0.299. The highest BCUT2D eigenvalue weighted by atomic mass is 16.5. The molecule has 0 saturated carbocycles. The Morgan fingerprint density at radius 2 is 0.372 bits per heavy atom. The Balaban J connectivity index is 0.777. The van der Waals surface area contributed by atoms with E-state index in [4.69, 9.17) is 38.9 Å². The van der Waals surface area contributed by atoms with Crippen LogP contribution in [-0.4, -0.2) is 46.4 Å². The zero-order valence-electron chi connectivity index (χ0n) is 76.0. The first-order valence-corrected chi connectivity index (χ1v) is 46.6. The molecule has 4 aliphatic carbocycles. The van der Waals surface area contributed by atoms with Gasteiger partial charge in [0, 0.05) is 24.8 Å². The number of rotatable bonds is 20. The summed E-state index contributed by atoms with van der Waals surface area (Å²) >= 11 is 0. The van der Waals surface area contributed by atoms with Crippen molar-refractivity contribution in [3.63, 3.8) is 0 Å². The molecule has 4 aliphatic rings. The molecule has 24 rings (SSSR count). The molecule has 0 saturated heterocycles. The van der Waals surface area contributed by atoms with Crippen molar-refractivity contribution in [3.8, 4) is 115 Å². The van der Waals surface area contributed by atoms with Crippen LogP contribution in [0.3, 0.4) is 0 Å². The van der Waals surface area contributed by atoms with Crippen molar-refractivity contribution in [2.75, 3.05) is 26.4 Å². The van der Waals surface area contributed by atoms with Crippen LogP contribution in [0.25, 0.3) is 87.6 Å². The van der Waals surface area contributed by atoms with E-state index in [0.29, 0.717) is 49.2 Å². The van der Waals surface area contributed by atoms with Crippen molar-refractivity contribution < 1.29 is 18.9 Å². The van der Waals surface area contributed by atoms with Gasteiger partial charge < -0.3 is 18.9 Å². The molecule has 8 heteroatoms. The van der Waals surface area contributed by atoms with Gasteiger partial charge in [-0.3, -0.25) is 19.9 Å². The van der Waals surface area contributed by atoms with E-state index in [1.165, 1.54) is 0 Å². The molecule has 0 fully saturated rings. The SMILES string of the molecule is CC#CCOc1ccc2cc(C3(c4ccc(C(c5ccc(C6(c7ccc8cc(OCC#CC)ccc8c7)c7ccccc7-c7ccccc76)cn5)(c5ccc(C6(c7ccc8cc(OCC#CC)ccc8c7)c7ccccc7-c7ccccc76)cn5)c5ccc(C6(c7ccc8cc(OCC#CC)ccc8c7)c7ccccc7-c7ccccc76)cn5)nc4)c4ccccc4-c4ccccc43)ccc2c1. The lowest BCUT2D eigenvalue weighted by Gasteiger charge is -2.38. The molecular formula is C129H88N4O4. The zero-order valence-corrected chi connectivity index (χ0v) is 76.0. The quantitative estimate of drug-likeness (QED) is 0.0698. The predicted molar refractivity (Wildman–Crippen MR) is 551 cm³/mol. The molecule has 0 bridgehead atoms. The number of hydrogen-bond acceptors (Lipinski definition) is 8. The lowest BCUT2D eigenvalue weighted by molar-refractivity contribution is 0.370. The second-order valence-electron chi connectivity index (χ2n) is 35.6. The summed E-state index contributed by atoms with van der Waals surface area (Å²) in [5, 5.41) is 8.47. The summed E-state index contributed by atoms with van der Waals surface area (Å²) in [6.07, 6.45) is 8.54. The normalized spacial score (nSPS) is 13.5. The molecule has 0 unspecified atom stereocenters. The summed E-state index contributed by atoms with van der Waals surface area (Å²) in [5.41, 5.74) is 24.2. The highest BCUT2D eigenvalue weighted by molar-refractivity contribution is 5.96. The standard InChI is InChI=1S/C129H88N4O4/c1-5-9-69-134-101-61-49-85-73-93(53-45-89(85)77-101)125(113-37-21-13-29-105(113)106-30-14-22-38-114(106)125)97-57-65-121(130-81-97)129(122-66-58-98(82-131-122)126(115-39-23-15-31-107(115)108-32-16-24-40-116(108)126)94-54-46-90-78-102(135-70-10-6-2)62-50-86(90)74-94,123-67-59-99(83-132-123)127(117-41-25-17-33-109(117)110-34-18-26-42-118(110)127)95-55-47-91-79-103(136-71-11-7-3)63-51-87(91)75-95)124-68-60-100(84-133-124)128(119-43-27-19-35-111(119)112-36-20-28-44-120(112)128)96-56-48-92-80-104(137-72-12-8-4)64-52-88(92)76-96/h13-68,73-84H,69-72H2,1-4H3. The smallest absolute Gasteiger partial charge is 0.149 e. The number of nitrogens with zero attached hydrogens (tertiary/aromatic N) is 4. The number of pyridine rings is 4. The summed E-state index contributed by atoms with van der Waals surface area (Å²) in [7, 11) is 0. The summed E-state index contributed by atoms with van der Waals surface area (Å²) in [6, 6.07) is 142. The molecule has 0 N–H and O–H groups in total. The molecule has 137 heavy (non-hydrogen) atoms. The number of hydrogen-bond donors (Lipinski definition) is 0. The van der Waals surface area contributed by atoms with Crippen LogP contribution in [0.4, 0.5) is 0 Å². The van der Waals surface area contributed by atoms with Gasteiger partial charge in [0.25, 0.3) is 0 Å². The van der Waals surface area contributed by atoms with E-state index in [2.05, 4.69) is 436 Å². The van der Waals surface area contributed by atoms with Crippen LogP contribution < -0.4 is 18.9 Å². The first kappa shape index (κ1) is 82.7. The highest BCUT2D eigenvalue weighted by Gasteiger charge is 2.54. The van der Waals surface area contributed by atoms with Crippen LogP contribution in [0, 0.1) is 47.4 Å². The van der Waals surface area contributed by atoms with E-state index in [0.717, 1.165) is 200 Å². The first-order valence-electron chi connectivity index (χ1n) is 46.6. The molecular weight excluding hydrogens is 1670 g/mol. The molecule has 20 aromatic rings. The molecule has 0 aliphatic heterocycles. The molecule has 648 valence electrons. The number of benzene rings is 16. The molecule has 0 amide bonds. The van der Waals surface area contributed by atoms with Gasteiger partial charge in [-0.1, -0.05) is 315 Å². The molecule has 0 radical (unpaired) electrons. The monoisotopic (exact) mass is 1760 g/mol. The molecule has 16 aromatic carbocycles. The number of fused-ring (bicyclic) bond motifs is 16. The van der Waals surface area contributed by atoms with Crippen LogP contribution in [-0.2, 0) is 27.1 Å². The molecule has 0 atom stereocenters. The van der Waals surface area contributed by atoms with Crippen molar-refractivity contribution >= 4 is 43.1 Å². The van der Waals surface area contributed by atoms with Crippen molar-refractivity contribution in [3.05, 3.63) is 525 Å². The predicted octanol–water partition coefficient (Wildman–Crippen LogP) is 27.3. The number of ether oxygens (including phenoxy) is 4. The summed E-state index contributed by atoms with van der Waals surface area (Å²) in [5.74, 6) is 27.3. The van der Waals surface area contributed by atoms with Gasteiger partial charge in [-0.05, 0) is 301 Å². The van der Waals surface area contributed by atoms with Gasteiger partial charge in [-0.2, -0.15) is 0 Å². The van der Waals surface area contributed by atoms with E-state index < -0.39 is 27.1 Å². The Hall–Kier alpha value is -17.4. The maximum absolute atomic E-state index is 6.20. The maximum atomic E-state index is 6.20. The van der Waals surface area contributed by atoms with Crippen molar-refractivity contribution in [1.82, 2.24) is 19.9 Å². The Bertz CT molecular complexity index is 7390. The number of aromatic nitrogens is 4. The van der Waals surface area contributed by atoms with Crippen molar-refractivity contribution in [1.29, 1.82) is 0 Å². The van der Waals surface area contributed by atoms with Crippen molar-refractivity contribution in [2.45, 2.75) is 54.8 Å². The van der Waals surface area contributed by atoms with Gasteiger partial charge >= 0.3 is 0 Å². The Kier molecular flexibility index (Phi) is 20.4. The fourth-order valence-corrected chi connectivity index (χ4v) is 23.2. The first-order chi connectivity index (χ1) is 67.7. The van der Waals surface area contributed by atoms with E-state index in [9.17, 15) is 0 Å². The Labute approximate surface area is 797 Å². The zero-order chi connectivity index (χ0) is 91.8.